The van der Waals surface area contributed by atoms with E-state index in [9.17, 15) is 9.90 Å². The van der Waals surface area contributed by atoms with Crippen molar-refractivity contribution >= 4 is 5.78 Å². The molecule has 3 aromatic carbocycles. The topological polar surface area (TPSA) is 40.5 Å². The molecule has 2 aliphatic rings. The molecule has 3 atom stereocenters. The van der Waals surface area contributed by atoms with Gasteiger partial charge in [-0.15, -0.1) is 0 Å². The van der Waals surface area contributed by atoms with Crippen molar-refractivity contribution in [3.05, 3.63) is 95.6 Å². The first kappa shape index (κ1) is 21.1. The van der Waals surface area contributed by atoms with E-state index in [0.717, 1.165) is 49.0 Å². The maximum atomic E-state index is 13.1. The molecule has 1 saturated carbocycles. The van der Waals surface area contributed by atoms with Crippen molar-refractivity contribution in [3.63, 3.8) is 0 Å². The lowest BCUT2D eigenvalue weighted by atomic mass is 9.91. The van der Waals surface area contributed by atoms with Gasteiger partial charge in [0.2, 0.25) is 0 Å². The third-order valence-electron chi connectivity index (χ3n) is 7.31. The molecule has 1 saturated heterocycles. The lowest BCUT2D eigenvalue weighted by Gasteiger charge is -2.26. The molecule has 0 spiro atoms. The second-order valence-electron chi connectivity index (χ2n) is 9.83. The van der Waals surface area contributed by atoms with Crippen molar-refractivity contribution in [2.24, 2.45) is 11.8 Å². The number of likely N-dealkylation sites (tertiary alicyclic amines) is 1. The van der Waals surface area contributed by atoms with E-state index in [1.807, 2.05) is 49.4 Å². The minimum atomic E-state index is -0.601. The van der Waals surface area contributed by atoms with Crippen LogP contribution < -0.4 is 0 Å². The van der Waals surface area contributed by atoms with Crippen LogP contribution in [0.15, 0.2) is 78.9 Å². The van der Waals surface area contributed by atoms with Gasteiger partial charge in [0.15, 0.2) is 5.78 Å². The molecule has 0 unspecified atom stereocenters. The fourth-order valence-corrected chi connectivity index (χ4v) is 5.88. The van der Waals surface area contributed by atoms with Gasteiger partial charge in [-0.3, -0.25) is 9.69 Å². The Bertz CT molecular complexity index is 1080. The third-order valence-corrected chi connectivity index (χ3v) is 7.31. The molecule has 3 nitrogen and oxygen atoms in total. The number of aryl methyl sites for hydroxylation is 1. The summed E-state index contributed by atoms with van der Waals surface area (Å²) in [6.45, 7) is 4.32. The summed E-state index contributed by atoms with van der Waals surface area (Å²) in [4.78, 5) is 15.4. The van der Waals surface area contributed by atoms with Crippen LogP contribution in [0.2, 0.25) is 0 Å². The average molecular weight is 426 g/mol. The van der Waals surface area contributed by atoms with Crippen LogP contribution in [-0.4, -0.2) is 41.0 Å². The van der Waals surface area contributed by atoms with E-state index in [0.29, 0.717) is 18.4 Å². The molecular weight excluding hydrogens is 394 g/mol. The number of hydrogen-bond acceptors (Lipinski definition) is 3. The smallest absolute Gasteiger partial charge is 0.177 e. The number of rotatable bonds is 6. The Balaban J connectivity index is 1.19. The molecule has 1 heterocycles. The molecular formula is C29H31NO2. The van der Waals surface area contributed by atoms with Gasteiger partial charge in [0.05, 0.1) is 12.1 Å². The molecule has 1 N–H and O–H groups in total. The number of carbonyl (C=O) groups is 1. The minimum absolute atomic E-state index is 0.196. The molecule has 0 aromatic heterocycles. The Labute approximate surface area is 190 Å². The van der Waals surface area contributed by atoms with Gasteiger partial charge in [-0.05, 0) is 53.9 Å². The molecule has 32 heavy (non-hydrogen) atoms. The van der Waals surface area contributed by atoms with Crippen LogP contribution in [0.1, 0.15) is 34.3 Å². The Morgan fingerprint density at radius 1 is 0.906 bits per heavy atom. The lowest BCUT2D eigenvalue weighted by Crippen LogP contribution is -2.34. The summed E-state index contributed by atoms with van der Waals surface area (Å²) in [7, 11) is 0. The zero-order chi connectivity index (χ0) is 22.1. The normalized spacial score (nSPS) is 25.1. The molecule has 1 aliphatic carbocycles. The number of carbonyl (C=O) groups excluding carboxylic acids is 1. The highest BCUT2D eigenvalue weighted by Crippen LogP contribution is 2.45. The second-order valence-corrected chi connectivity index (χ2v) is 9.83. The van der Waals surface area contributed by atoms with Crippen LogP contribution in [-0.2, 0) is 6.42 Å². The van der Waals surface area contributed by atoms with E-state index in [1.165, 1.54) is 11.1 Å². The summed E-state index contributed by atoms with van der Waals surface area (Å²) >= 11 is 0. The minimum Gasteiger partial charge on any atom is -0.390 e. The number of fused-ring (bicyclic) bond motifs is 1. The predicted octanol–water partition coefficient (Wildman–Crippen LogP) is 5.16. The second kappa shape index (κ2) is 8.65. The quantitative estimate of drug-likeness (QED) is 0.555. The molecule has 2 fully saturated rings. The third kappa shape index (κ3) is 4.41. The number of ketones is 1. The average Bonchev–Trinajstić information content (AvgIpc) is 3.28. The predicted molar refractivity (Wildman–Crippen MR) is 129 cm³/mol. The first-order valence-corrected chi connectivity index (χ1v) is 11.7. The van der Waals surface area contributed by atoms with Crippen molar-refractivity contribution in [2.75, 3.05) is 19.6 Å². The number of aliphatic hydroxyl groups is 1. The van der Waals surface area contributed by atoms with Crippen LogP contribution in [0.4, 0.5) is 0 Å². The Morgan fingerprint density at radius 3 is 2.16 bits per heavy atom. The van der Waals surface area contributed by atoms with Gasteiger partial charge in [-0.25, -0.2) is 0 Å². The van der Waals surface area contributed by atoms with Gasteiger partial charge >= 0.3 is 0 Å². The Morgan fingerprint density at radius 2 is 1.53 bits per heavy atom. The van der Waals surface area contributed by atoms with E-state index >= 15 is 0 Å². The standard InChI is InChI=1S/C29H31NO2/c1-21-14-24(23-10-6-3-7-11-23)12-13-27(21)28(31)20-30-18-25-16-29(32,17-26(25)19-30)15-22-8-4-2-5-9-22/h2-14,25-26,32H,15-20H2,1H3/t25-,26+,29-. The zero-order valence-corrected chi connectivity index (χ0v) is 18.7. The van der Waals surface area contributed by atoms with Crippen molar-refractivity contribution in [3.8, 4) is 11.1 Å². The van der Waals surface area contributed by atoms with Gasteiger partial charge in [-0.1, -0.05) is 78.9 Å². The van der Waals surface area contributed by atoms with Gasteiger partial charge in [0.1, 0.15) is 0 Å². The summed E-state index contributed by atoms with van der Waals surface area (Å²) in [5.41, 5.74) is 4.78. The highest BCUT2D eigenvalue weighted by molar-refractivity contribution is 5.99. The van der Waals surface area contributed by atoms with Crippen molar-refractivity contribution in [1.82, 2.24) is 4.90 Å². The molecule has 164 valence electrons. The summed E-state index contributed by atoms with van der Waals surface area (Å²) in [5.74, 6) is 1.16. The van der Waals surface area contributed by atoms with E-state index in [-0.39, 0.29) is 5.78 Å². The van der Waals surface area contributed by atoms with Crippen LogP contribution in [0, 0.1) is 18.8 Å². The Kier molecular flexibility index (Phi) is 5.71. The van der Waals surface area contributed by atoms with E-state index in [1.54, 1.807) is 0 Å². The summed E-state index contributed by atoms with van der Waals surface area (Å²) in [5, 5.41) is 11.2. The lowest BCUT2D eigenvalue weighted by molar-refractivity contribution is 0.0355. The maximum absolute atomic E-state index is 13.1. The van der Waals surface area contributed by atoms with Crippen LogP contribution >= 0.6 is 0 Å². The number of nitrogens with zero attached hydrogens (tertiary/aromatic N) is 1. The number of Topliss-reactive ketones (excluding diaryl/α,β-unsaturated/α-hetero) is 1. The highest BCUT2D eigenvalue weighted by atomic mass is 16.3. The first-order valence-electron chi connectivity index (χ1n) is 11.7. The first-order chi connectivity index (χ1) is 15.5. The van der Waals surface area contributed by atoms with Gasteiger partial charge in [0.25, 0.3) is 0 Å². The van der Waals surface area contributed by atoms with Crippen molar-refractivity contribution in [2.45, 2.75) is 31.8 Å². The summed E-state index contributed by atoms with van der Waals surface area (Å²) < 4.78 is 0. The largest absolute Gasteiger partial charge is 0.390 e. The van der Waals surface area contributed by atoms with Crippen molar-refractivity contribution < 1.29 is 9.90 Å². The van der Waals surface area contributed by atoms with Gasteiger partial charge in [0, 0.05) is 25.1 Å². The molecule has 3 heteroatoms. The van der Waals surface area contributed by atoms with Gasteiger partial charge < -0.3 is 5.11 Å². The maximum Gasteiger partial charge on any atom is 0.177 e. The van der Waals surface area contributed by atoms with Crippen LogP contribution in [0.3, 0.4) is 0 Å². The van der Waals surface area contributed by atoms with Gasteiger partial charge in [-0.2, -0.15) is 0 Å². The number of benzene rings is 3. The number of hydrogen-bond donors (Lipinski definition) is 1. The van der Waals surface area contributed by atoms with Crippen molar-refractivity contribution in [1.29, 1.82) is 0 Å². The molecule has 0 amide bonds. The fraction of sp³-hybridized carbons (Fsp3) is 0.345. The monoisotopic (exact) mass is 425 g/mol. The SMILES string of the molecule is Cc1cc(-c2ccccc2)ccc1C(=O)CN1C[C@@H]2C[C@@](O)(Cc3ccccc3)C[C@@H]2C1. The fourth-order valence-electron chi connectivity index (χ4n) is 5.88. The molecule has 1 aliphatic heterocycles. The summed E-state index contributed by atoms with van der Waals surface area (Å²) in [6, 6.07) is 26.7. The van der Waals surface area contributed by atoms with Crippen LogP contribution in [0.25, 0.3) is 11.1 Å². The van der Waals surface area contributed by atoms with E-state index in [4.69, 9.17) is 0 Å². The van der Waals surface area contributed by atoms with Crippen LogP contribution in [0.5, 0.6) is 0 Å². The molecule has 3 aromatic rings. The van der Waals surface area contributed by atoms with E-state index in [2.05, 4.69) is 41.3 Å². The highest BCUT2D eigenvalue weighted by Gasteiger charge is 2.48. The zero-order valence-electron chi connectivity index (χ0n) is 18.7. The van der Waals surface area contributed by atoms with E-state index < -0.39 is 5.60 Å². The molecule has 0 radical (unpaired) electrons. The Hall–Kier alpha value is -2.75. The molecule has 5 rings (SSSR count). The summed E-state index contributed by atoms with van der Waals surface area (Å²) in [6.07, 6.45) is 2.40. The molecule has 0 bridgehead atoms.